The van der Waals surface area contributed by atoms with Gasteiger partial charge in [0.05, 0.1) is 0 Å². The molecule has 0 atom stereocenters. The first kappa shape index (κ1) is 11.2. The molecule has 64 valence electrons. The molecule has 0 amide bonds. The molecule has 0 radical (unpaired) electrons. The molecular weight excluding hydrogens is 309 g/mol. The van der Waals surface area contributed by atoms with E-state index >= 15 is 0 Å². The van der Waals surface area contributed by atoms with Crippen molar-refractivity contribution in [3.8, 4) is 0 Å². The van der Waals surface area contributed by atoms with Crippen LogP contribution >= 0.6 is 0 Å². The topological polar surface area (TPSA) is 26.3 Å². The Morgan fingerprint density at radius 3 is 2.45 bits per heavy atom. The Morgan fingerprint density at radius 1 is 1.27 bits per heavy atom. The summed E-state index contributed by atoms with van der Waals surface area (Å²) in [6, 6.07) is 0. The van der Waals surface area contributed by atoms with Crippen molar-refractivity contribution in [3.63, 3.8) is 0 Å². The van der Waals surface area contributed by atoms with Crippen LogP contribution in [0.15, 0.2) is 0 Å². The Labute approximate surface area is 81.1 Å². The Bertz CT molecular complexity index is 104. The molecule has 0 aromatic heterocycles. The van der Waals surface area contributed by atoms with E-state index in [1.54, 1.807) is 0 Å². The van der Waals surface area contributed by atoms with E-state index in [-0.39, 0.29) is 5.97 Å². The first-order valence-electron chi connectivity index (χ1n) is 4.15. The van der Waals surface area contributed by atoms with Gasteiger partial charge in [-0.1, -0.05) is 0 Å². The molecule has 0 aliphatic carbocycles. The van der Waals surface area contributed by atoms with E-state index in [0.29, 0.717) is 6.42 Å². The first-order valence-corrected chi connectivity index (χ1v) is 5.46. The quantitative estimate of drug-likeness (QED) is 0.701. The molecule has 2 nitrogen and oxygen atoms in total. The molecule has 0 N–H and O–H groups in total. The number of rotatable bonds is 6. The third-order valence-corrected chi connectivity index (χ3v) is 2.32. The Kier molecular flexibility index (Phi) is 8.47. The summed E-state index contributed by atoms with van der Waals surface area (Å²) >= 11 is 0.722. The van der Waals surface area contributed by atoms with Gasteiger partial charge in [-0.25, -0.2) is 0 Å². The molecule has 0 aliphatic rings. The second-order valence-corrected chi connectivity index (χ2v) is 3.28. The first-order chi connectivity index (χ1) is 5.31. The second-order valence-electron chi connectivity index (χ2n) is 2.63. The Hall–Kier alpha value is 0.210. The van der Waals surface area contributed by atoms with Crippen LogP contribution in [0.4, 0.5) is 0 Å². The molecule has 0 aromatic rings. The number of unbranched alkanes of at least 4 members (excludes halogenated alkanes) is 4. The van der Waals surface area contributed by atoms with Gasteiger partial charge >= 0.3 is 80.9 Å². The zero-order valence-electron chi connectivity index (χ0n) is 7.01. The average Bonchev–Trinajstić information content (AvgIpc) is 2.04. The Morgan fingerprint density at radius 2 is 1.91 bits per heavy atom. The molecule has 0 spiro atoms. The summed E-state index contributed by atoms with van der Waals surface area (Å²) in [6.07, 6.45) is 6.57. The van der Waals surface area contributed by atoms with Crippen LogP contribution in [0.2, 0.25) is 0 Å². The third-order valence-electron chi connectivity index (χ3n) is 1.59. The van der Waals surface area contributed by atoms with Crippen LogP contribution in [-0.2, 0) is 29.5 Å². The summed E-state index contributed by atoms with van der Waals surface area (Å²) in [5.41, 5.74) is 0. The zero-order chi connectivity index (χ0) is 8.53. The van der Waals surface area contributed by atoms with Gasteiger partial charge in [0.1, 0.15) is 0 Å². The predicted molar refractivity (Wildman–Crippen MR) is 39.5 cm³/mol. The van der Waals surface area contributed by atoms with Crippen molar-refractivity contribution < 1.29 is 29.5 Å². The van der Waals surface area contributed by atoms with Gasteiger partial charge in [-0.15, -0.1) is 0 Å². The number of carbonyl (C=O) groups is 1. The van der Waals surface area contributed by atoms with Crippen LogP contribution in [0.3, 0.4) is 0 Å². The zero-order valence-corrected chi connectivity index (χ0v) is 10.2. The summed E-state index contributed by atoms with van der Waals surface area (Å²) in [5.74, 6) is -0.0326. The minimum atomic E-state index is -0.0326. The van der Waals surface area contributed by atoms with Crippen molar-refractivity contribution in [2.45, 2.75) is 45.4 Å². The Balaban J connectivity index is 2.95. The standard InChI is InChI=1S/C8H16O2.Ta/c1-2-3-4-5-6-7-8(9)10;/h2-7H2,1H3,(H,9,10);/q;+1/p-1. The molecule has 0 fully saturated rings. The van der Waals surface area contributed by atoms with Crippen molar-refractivity contribution >= 4 is 5.97 Å². The maximum atomic E-state index is 10.7. The molecule has 11 heavy (non-hydrogen) atoms. The molecule has 0 heterocycles. The van der Waals surface area contributed by atoms with Crippen LogP contribution in [-0.4, -0.2) is 5.97 Å². The SMILES string of the molecule is CCCCCCCC(=O)[O][Ta]. The van der Waals surface area contributed by atoms with Crippen molar-refractivity contribution in [2.75, 3.05) is 0 Å². The fraction of sp³-hybridized carbons (Fsp3) is 0.875. The van der Waals surface area contributed by atoms with Crippen molar-refractivity contribution in [2.24, 2.45) is 0 Å². The van der Waals surface area contributed by atoms with Gasteiger partial charge in [-0.05, 0) is 0 Å². The molecule has 3 heteroatoms. The summed E-state index contributed by atoms with van der Waals surface area (Å²) < 4.78 is 4.63. The number of carbonyl (C=O) groups excluding carboxylic acids is 1. The van der Waals surface area contributed by atoms with Gasteiger partial charge in [-0.2, -0.15) is 0 Å². The van der Waals surface area contributed by atoms with Crippen molar-refractivity contribution in [3.05, 3.63) is 0 Å². The van der Waals surface area contributed by atoms with Crippen molar-refractivity contribution in [1.82, 2.24) is 0 Å². The normalized spacial score (nSPS) is 9.55. The molecule has 0 aliphatic heterocycles. The van der Waals surface area contributed by atoms with E-state index < -0.39 is 0 Å². The van der Waals surface area contributed by atoms with Crippen LogP contribution in [0, 0.1) is 0 Å². The molecule has 0 unspecified atom stereocenters. The van der Waals surface area contributed by atoms with Gasteiger partial charge in [0.25, 0.3) is 0 Å². The third kappa shape index (κ3) is 8.11. The summed E-state index contributed by atoms with van der Waals surface area (Å²) in [5, 5.41) is 0. The molecule has 0 saturated carbocycles. The number of hydrogen-bond acceptors (Lipinski definition) is 2. The fourth-order valence-corrected chi connectivity index (χ4v) is 1.25. The van der Waals surface area contributed by atoms with Crippen molar-refractivity contribution in [1.29, 1.82) is 0 Å². The molecular formula is C8H15O2Ta. The van der Waals surface area contributed by atoms with Gasteiger partial charge in [0, 0.05) is 0 Å². The van der Waals surface area contributed by atoms with E-state index in [1.807, 2.05) is 0 Å². The summed E-state index contributed by atoms with van der Waals surface area (Å²) in [7, 11) is 0. The molecule has 0 aromatic carbocycles. The van der Waals surface area contributed by atoms with Gasteiger partial charge in [0.2, 0.25) is 0 Å². The van der Waals surface area contributed by atoms with Gasteiger partial charge in [0.15, 0.2) is 0 Å². The predicted octanol–water partition coefficient (Wildman–Crippen LogP) is 2.35. The van der Waals surface area contributed by atoms with Crippen LogP contribution in [0.1, 0.15) is 45.4 Å². The molecule has 0 saturated heterocycles. The average molecular weight is 324 g/mol. The van der Waals surface area contributed by atoms with E-state index in [4.69, 9.17) is 0 Å². The maximum absolute atomic E-state index is 10.7. The molecule has 0 rings (SSSR count). The van der Waals surface area contributed by atoms with Crippen LogP contribution in [0.5, 0.6) is 0 Å². The second kappa shape index (κ2) is 8.31. The molecule has 0 bridgehead atoms. The van der Waals surface area contributed by atoms with E-state index in [0.717, 1.165) is 27.9 Å². The van der Waals surface area contributed by atoms with E-state index in [1.165, 1.54) is 25.7 Å². The monoisotopic (exact) mass is 324 g/mol. The summed E-state index contributed by atoms with van der Waals surface area (Å²) in [4.78, 5) is 10.7. The van der Waals surface area contributed by atoms with Crippen LogP contribution < -0.4 is 0 Å². The number of hydrogen-bond donors (Lipinski definition) is 0. The van der Waals surface area contributed by atoms with E-state index in [9.17, 15) is 4.79 Å². The minimum absolute atomic E-state index is 0.0326. The van der Waals surface area contributed by atoms with E-state index in [2.05, 4.69) is 10.2 Å². The van der Waals surface area contributed by atoms with Gasteiger partial charge < -0.3 is 0 Å². The van der Waals surface area contributed by atoms with Gasteiger partial charge in [-0.3, -0.25) is 0 Å². The van der Waals surface area contributed by atoms with Crippen LogP contribution in [0.25, 0.3) is 0 Å². The summed E-state index contributed by atoms with van der Waals surface area (Å²) in [6.45, 7) is 2.19. The fourth-order valence-electron chi connectivity index (χ4n) is 0.919.